The molecule has 0 aliphatic heterocycles. The zero-order chi connectivity index (χ0) is 52.4. The van der Waals surface area contributed by atoms with E-state index in [1.54, 1.807) is 0 Å². The van der Waals surface area contributed by atoms with Crippen LogP contribution in [0.1, 0.15) is 0 Å². The Balaban J connectivity index is 0.795. The van der Waals surface area contributed by atoms with Crippen LogP contribution in [0.2, 0.25) is 0 Å². The summed E-state index contributed by atoms with van der Waals surface area (Å²) in [5, 5.41) is 19.2. The maximum Gasteiger partial charge on any atom is 0.135 e. The maximum atomic E-state index is 6.29. The van der Waals surface area contributed by atoms with E-state index in [9.17, 15) is 0 Å². The van der Waals surface area contributed by atoms with E-state index in [1.165, 1.54) is 131 Å². The van der Waals surface area contributed by atoms with E-state index in [0.717, 1.165) is 43.9 Å². The molecule has 0 aliphatic rings. The smallest absolute Gasteiger partial charge is 0.135 e. The molecule has 0 aliphatic carbocycles. The monoisotopic (exact) mass is 1010 g/mol. The first-order valence-corrected chi connectivity index (χ1v) is 27.5. The minimum Gasteiger partial charge on any atom is -0.456 e. The molecule has 0 radical (unpaired) electrons. The van der Waals surface area contributed by atoms with Gasteiger partial charge < -0.3 is 8.83 Å². The number of fused-ring (bicyclic) bond motifs is 12. The van der Waals surface area contributed by atoms with Crippen LogP contribution >= 0.6 is 0 Å². The van der Waals surface area contributed by atoms with Gasteiger partial charge >= 0.3 is 0 Å². The van der Waals surface area contributed by atoms with Crippen molar-refractivity contribution in [2.24, 2.45) is 0 Å². The Labute approximate surface area is 460 Å². The van der Waals surface area contributed by atoms with Crippen molar-refractivity contribution >= 4 is 109 Å². The molecule has 0 unspecified atom stereocenters. The molecule has 0 fully saturated rings. The van der Waals surface area contributed by atoms with Gasteiger partial charge in [0.2, 0.25) is 0 Å². The minimum absolute atomic E-state index is 0.902. The first-order chi connectivity index (χ1) is 39.7. The Morgan fingerprint density at radius 1 is 0.163 bits per heavy atom. The molecule has 0 N–H and O–H groups in total. The molecule has 2 heteroatoms. The number of rotatable bonds is 6. The average molecular weight is 1020 g/mol. The van der Waals surface area contributed by atoms with Crippen LogP contribution in [0.25, 0.3) is 175 Å². The summed E-state index contributed by atoms with van der Waals surface area (Å²) >= 11 is 0. The van der Waals surface area contributed by atoms with Crippen molar-refractivity contribution in [3.63, 3.8) is 0 Å². The number of para-hydroxylation sites is 2. The maximum absolute atomic E-state index is 6.29. The van der Waals surface area contributed by atoms with E-state index in [4.69, 9.17) is 8.83 Å². The van der Waals surface area contributed by atoms with Crippen LogP contribution < -0.4 is 0 Å². The van der Waals surface area contributed by atoms with Gasteiger partial charge in [-0.05, 0) is 186 Å². The Morgan fingerprint density at radius 3 is 0.950 bits per heavy atom. The summed E-state index contributed by atoms with van der Waals surface area (Å²) < 4.78 is 12.6. The van der Waals surface area contributed by atoms with E-state index >= 15 is 0 Å². The molecule has 2 aromatic heterocycles. The van der Waals surface area contributed by atoms with Gasteiger partial charge in [-0.15, -0.1) is 0 Å². The van der Waals surface area contributed by atoms with Crippen LogP contribution in [-0.2, 0) is 0 Å². The number of hydrogen-bond acceptors (Lipinski definition) is 2. The quantitative estimate of drug-likeness (QED) is 0.155. The zero-order valence-corrected chi connectivity index (χ0v) is 43.4. The van der Waals surface area contributed by atoms with E-state index in [1.807, 2.05) is 12.1 Å². The van der Waals surface area contributed by atoms with Crippen molar-refractivity contribution in [2.75, 3.05) is 0 Å². The Bertz CT molecular complexity index is 5320. The highest BCUT2D eigenvalue weighted by atomic mass is 16.3. The number of benzene rings is 15. The van der Waals surface area contributed by atoms with Crippen molar-refractivity contribution in [3.8, 4) is 66.8 Å². The molecule has 80 heavy (non-hydrogen) atoms. The van der Waals surface area contributed by atoms with Crippen molar-refractivity contribution < 1.29 is 8.83 Å². The van der Waals surface area contributed by atoms with Crippen molar-refractivity contribution in [1.29, 1.82) is 0 Å². The van der Waals surface area contributed by atoms with Gasteiger partial charge in [-0.25, -0.2) is 0 Å². The van der Waals surface area contributed by atoms with Crippen LogP contribution in [0.5, 0.6) is 0 Å². The van der Waals surface area contributed by atoms with Crippen molar-refractivity contribution in [3.05, 3.63) is 279 Å². The largest absolute Gasteiger partial charge is 0.456 e. The number of furan rings is 2. The van der Waals surface area contributed by atoms with Gasteiger partial charge in [0.25, 0.3) is 0 Å². The van der Waals surface area contributed by atoms with Crippen LogP contribution in [0.4, 0.5) is 0 Å². The van der Waals surface area contributed by atoms with Gasteiger partial charge in [0, 0.05) is 21.5 Å². The van der Waals surface area contributed by atoms with E-state index < -0.39 is 0 Å². The molecular formula is C78H46O2. The van der Waals surface area contributed by atoms with Gasteiger partial charge in [0.1, 0.15) is 22.3 Å². The molecule has 370 valence electrons. The lowest BCUT2D eigenvalue weighted by Gasteiger charge is -2.19. The lowest BCUT2D eigenvalue weighted by molar-refractivity contribution is 0.668. The molecule has 17 aromatic rings. The van der Waals surface area contributed by atoms with Crippen LogP contribution in [0.3, 0.4) is 0 Å². The van der Waals surface area contributed by atoms with E-state index in [0.29, 0.717) is 0 Å². The Morgan fingerprint density at radius 2 is 0.487 bits per heavy atom. The molecule has 15 aromatic carbocycles. The summed E-state index contributed by atoms with van der Waals surface area (Å²) in [5.41, 5.74) is 18.1. The topological polar surface area (TPSA) is 26.3 Å². The SMILES string of the molecule is c1cc(-c2cccc3ccc(-c4ccc5cccc(-c6c7ccccc7c(-c7ccc8oc9ccccc9c8c7)c7ccccc67)c5c4)cc23)cc(-c2c3ccccc3c(-c3ccc4oc5ccccc5c4c3)c3ccccc23)c1. The molecule has 0 saturated carbocycles. The third kappa shape index (κ3) is 6.79. The first-order valence-electron chi connectivity index (χ1n) is 27.5. The molecule has 0 bridgehead atoms. The van der Waals surface area contributed by atoms with Crippen LogP contribution in [0.15, 0.2) is 288 Å². The molecule has 0 amide bonds. The number of hydrogen-bond donors (Lipinski definition) is 0. The molecule has 0 saturated heterocycles. The van der Waals surface area contributed by atoms with Gasteiger partial charge in [-0.2, -0.15) is 0 Å². The highest BCUT2D eigenvalue weighted by Gasteiger charge is 2.22. The average Bonchev–Trinajstić information content (AvgIpc) is 4.23. The van der Waals surface area contributed by atoms with Crippen LogP contribution in [0, 0.1) is 0 Å². The molecule has 0 atom stereocenters. The minimum atomic E-state index is 0.902. The summed E-state index contributed by atoms with van der Waals surface area (Å²) in [4.78, 5) is 0. The first kappa shape index (κ1) is 44.6. The fourth-order valence-corrected chi connectivity index (χ4v) is 13.5. The molecule has 2 heterocycles. The Kier molecular flexibility index (Phi) is 9.75. The van der Waals surface area contributed by atoms with E-state index in [-0.39, 0.29) is 0 Å². The lowest BCUT2D eigenvalue weighted by Crippen LogP contribution is -1.92. The van der Waals surface area contributed by atoms with E-state index in [2.05, 4.69) is 267 Å². The molecule has 2 nitrogen and oxygen atoms in total. The van der Waals surface area contributed by atoms with Gasteiger partial charge in [-0.1, -0.05) is 224 Å². The Hall–Kier alpha value is -10.5. The lowest BCUT2D eigenvalue weighted by atomic mass is 9.84. The summed E-state index contributed by atoms with van der Waals surface area (Å²) in [6.07, 6.45) is 0. The highest BCUT2D eigenvalue weighted by molar-refractivity contribution is 6.25. The fraction of sp³-hybridized carbons (Fsp3) is 0. The van der Waals surface area contributed by atoms with Crippen molar-refractivity contribution in [1.82, 2.24) is 0 Å². The predicted molar refractivity (Wildman–Crippen MR) is 339 cm³/mol. The second-order valence-corrected chi connectivity index (χ2v) is 21.4. The zero-order valence-electron chi connectivity index (χ0n) is 43.4. The second kappa shape index (κ2) is 17.5. The summed E-state index contributed by atoms with van der Waals surface area (Å²) in [6, 6.07) is 102. The molecule has 0 spiro atoms. The summed E-state index contributed by atoms with van der Waals surface area (Å²) in [5.74, 6) is 0. The normalized spacial score (nSPS) is 12.0. The predicted octanol–water partition coefficient (Wildman–Crippen LogP) is 22.4. The fourth-order valence-electron chi connectivity index (χ4n) is 13.5. The third-order valence-corrected chi connectivity index (χ3v) is 17.0. The standard InChI is InChI=1S/C78H46O2/c1-3-24-60-58(22-1)75(59-23-2-4-25-61(59)76(60)53-38-40-73-69(45-53)56-20-9-11-32-71(56)79-73)52-19-13-18-51(42-52)55-30-14-16-47-34-36-49(43-67(47)55)50-37-35-48-17-15-31-66(68(48)44-50)78-64-28-7-5-26-62(64)77(63-27-6-8-29-65(63)78)54-39-41-74-70(46-54)57-21-10-12-33-72(57)80-74/h1-46H. The summed E-state index contributed by atoms with van der Waals surface area (Å²) in [7, 11) is 0. The molecular weight excluding hydrogens is 969 g/mol. The van der Waals surface area contributed by atoms with Crippen molar-refractivity contribution in [2.45, 2.75) is 0 Å². The summed E-state index contributed by atoms with van der Waals surface area (Å²) in [6.45, 7) is 0. The van der Waals surface area contributed by atoms with Gasteiger partial charge in [-0.3, -0.25) is 0 Å². The second-order valence-electron chi connectivity index (χ2n) is 21.4. The van der Waals surface area contributed by atoms with Crippen LogP contribution in [-0.4, -0.2) is 0 Å². The third-order valence-electron chi connectivity index (χ3n) is 17.0. The highest BCUT2D eigenvalue weighted by Crippen LogP contribution is 2.49. The van der Waals surface area contributed by atoms with Gasteiger partial charge in [0.15, 0.2) is 0 Å². The van der Waals surface area contributed by atoms with Gasteiger partial charge in [0.05, 0.1) is 0 Å². The molecule has 17 rings (SSSR count).